The highest BCUT2D eigenvalue weighted by molar-refractivity contribution is 6.32. The van der Waals surface area contributed by atoms with E-state index in [1.807, 2.05) is 49.4 Å². The smallest absolute Gasteiger partial charge is 0.261 e. The number of ether oxygens (including phenoxy) is 1. The maximum Gasteiger partial charge on any atom is 0.261 e. The van der Waals surface area contributed by atoms with E-state index in [0.717, 1.165) is 31.2 Å². The lowest BCUT2D eigenvalue weighted by Gasteiger charge is -2.32. The van der Waals surface area contributed by atoms with Crippen LogP contribution in [-0.4, -0.2) is 41.9 Å². The van der Waals surface area contributed by atoms with Crippen molar-refractivity contribution in [2.24, 2.45) is 0 Å². The minimum absolute atomic E-state index is 0.0708. The number of rotatable bonds is 10. The summed E-state index contributed by atoms with van der Waals surface area (Å²) in [6, 6.07) is 16.8. The summed E-state index contributed by atoms with van der Waals surface area (Å²) >= 11 is 6.16. The van der Waals surface area contributed by atoms with Gasteiger partial charge >= 0.3 is 0 Å². The summed E-state index contributed by atoms with van der Waals surface area (Å²) in [5, 5.41) is 3.65. The third kappa shape index (κ3) is 6.99. The molecule has 32 heavy (non-hydrogen) atoms. The van der Waals surface area contributed by atoms with Crippen LogP contribution < -0.4 is 10.1 Å². The second-order valence-corrected chi connectivity index (χ2v) is 8.72. The molecule has 0 unspecified atom stereocenters. The van der Waals surface area contributed by atoms with Crippen molar-refractivity contribution in [3.05, 3.63) is 65.2 Å². The van der Waals surface area contributed by atoms with E-state index < -0.39 is 6.04 Å². The molecule has 1 aliphatic carbocycles. The van der Waals surface area contributed by atoms with Gasteiger partial charge in [0.2, 0.25) is 5.91 Å². The molecule has 2 aromatic carbocycles. The summed E-state index contributed by atoms with van der Waals surface area (Å²) in [6.45, 7) is 2.24. The van der Waals surface area contributed by atoms with E-state index in [2.05, 4.69) is 5.32 Å². The van der Waals surface area contributed by atoms with Crippen molar-refractivity contribution in [3.8, 4) is 5.75 Å². The van der Waals surface area contributed by atoms with Crippen LogP contribution >= 0.6 is 11.6 Å². The highest BCUT2D eigenvalue weighted by Crippen LogP contribution is 2.23. The molecule has 2 amide bonds. The molecular formula is C26H33ClN2O3. The van der Waals surface area contributed by atoms with Gasteiger partial charge in [-0.2, -0.15) is 0 Å². The van der Waals surface area contributed by atoms with Crippen molar-refractivity contribution >= 4 is 23.4 Å². The summed E-state index contributed by atoms with van der Waals surface area (Å²) in [5.41, 5.74) is 1.12. The van der Waals surface area contributed by atoms with Crippen LogP contribution in [0.3, 0.4) is 0 Å². The van der Waals surface area contributed by atoms with Crippen molar-refractivity contribution in [1.29, 1.82) is 0 Å². The lowest BCUT2D eigenvalue weighted by atomic mass is 9.95. The summed E-state index contributed by atoms with van der Waals surface area (Å²) in [5.74, 6) is 0.176. The number of carbonyl (C=O) groups excluding carboxylic acids is 2. The van der Waals surface area contributed by atoms with Crippen molar-refractivity contribution in [2.75, 3.05) is 13.2 Å². The number of carbonyl (C=O) groups is 2. The molecule has 0 radical (unpaired) electrons. The topological polar surface area (TPSA) is 58.6 Å². The Balaban J connectivity index is 1.70. The zero-order valence-electron chi connectivity index (χ0n) is 18.8. The number of amides is 2. The van der Waals surface area contributed by atoms with Crippen LogP contribution in [0.5, 0.6) is 5.75 Å². The van der Waals surface area contributed by atoms with E-state index in [0.29, 0.717) is 30.2 Å². The normalized spacial score (nSPS) is 15.1. The van der Waals surface area contributed by atoms with Crippen molar-refractivity contribution in [3.63, 3.8) is 0 Å². The predicted octanol–water partition coefficient (Wildman–Crippen LogP) is 5.02. The lowest BCUT2D eigenvalue weighted by Crippen LogP contribution is -2.53. The molecule has 6 heteroatoms. The molecule has 0 saturated heterocycles. The molecular weight excluding hydrogens is 424 g/mol. The fraction of sp³-hybridized carbons (Fsp3) is 0.462. The highest BCUT2D eigenvalue weighted by atomic mass is 35.5. The summed E-state index contributed by atoms with van der Waals surface area (Å²) in [6.07, 6.45) is 6.75. The molecule has 0 spiro atoms. The quantitative estimate of drug-likeness (QED) is 0.546. The van der Waals surface area contributed by atoms with Crippen LogP contribution in [0.2, 0.25) is 5.02 Å². The molecule has 1 fully saturated rings. The van der Waals surface area contributed by atoms with Crippen LogP contribution in [0, 0.1) is 0 Å². The first-order valence-electron chi connectivity index (χ1n) is 11.6. The standard InChI is InChI=1S/C26H33ClN2O3/c1-2-23(26(31)28-21-13-7-4-8-14-21)29(18-17-20-11-5-3-6-12-20)25(30)19-32-24-16-10-9-15-22(24)27/h3,5-6,9-12,15-16,21,23H,2,4,7-8,13-14,17-19H2,1H3,(H,28,31)/t23-/m0/s1. The van der Waals surface area contributed by atoms with E-state index in [4.69, 9.17) is 16.3 Å². The largest absolute Gasteiger partial charge is 0.482 e. The van der Waals surface area contributed by atoms with Gasteiger partial charge < -0.3 is 15.0 Å². The molecule has 3 rings (SSSR count). The number of halogens is 1. The summed E-state index contributed by atoms with van der Waals surface area (Å²) < 4.78 is 5.70. The molecule has 0 heterocycles. The number of hydrogen-bond donors (Lipinski definition) is 1. The first-order valence-corrected chi connectivity index (χ1v) is 12.0. The van der Waals surface area contributed by atoms with Gasteiger partial charge in [-0.1, -0.05) is 80.3 Å². The Morgan fingerprint density at radius 3 is 2.44 bits per heavy atom. The molecule has 172 valence electrons. The van der Waals surface area contributed by atoms with Gasteiger partial charge in [-0.3, -0.25) is 9.59 Å². The van der Waals surface area contributed by atoms with Gasteiger partial charge in [-0.05, 0) is 43.4 Å². The fourth-order valence-electron chi connectivity index (χ4n) is 4.22. The Kier molecular flexibility index (Phi) is 9.42. The van der Waals surface area contributed by atoms with Crippen LogP contribution in [0.15, 0.2) is 54.6 Å². The van der Waals surface area contributed by atoms with Gasteiger partial charge in [0.1, 0.15) is 11.8 Å². The van der Waals surface area contributed by atoms with Gasteiger partial charge in [0.25, 0.3) is 5.91 Å². The molecule has 0 aliphatic heterocycles. The highest BCUT2D eigenvalue weighted by Gasteiger charge is 2.30. The van der Waals surface area contributed by atoms with Crippen molar-refractivity contribution in [1.82, 2.24) is 10.2 Å². The van der Waals surface area contributed by atoms with E-state index in [1.54, 1.807) is 17.0 Å². The number of hydrogen-bond acceptors (Lipinski definition) is 3. The molecule has 2 aromatic rings. The fourth-order valence-corrected chi connectivity index (χ4v) is 4.41. The average Bonchev–Trinajstić information content (AvgIpc) is 2.82. The lowest BCUT2D eigenvalue weighted by molar-refractivity contribution is -0.142. The predicted molar refractivity (Wildman–Crippen MR) is 128 cm³/mol. The minimum atomic E-state index is -0.525. The third-order valence-corrected chi connectivity index (χ3v) is 6.32. The second kappa shape index (κ2) is 12.5. The third-order valence-electron chi connectivity index (χ3n) is 6.01. The van der Waals surface area contributed by atoms with Gasteiger partial charge in [-0.15, -0.1) is 0 Å². The Hall–Kier alpha value is -2.53. The first-order chi connectivity index (χ1) is 15.6. The van der Waals surface area contributed by atoms with Gasteiger partial charge in [-0.25, -0.2) is 0 Å². The van der Waals surface area contributed by atoms with Crippen molar-refractivity contribution in [2.45, 2.75) is 64.0 Å². The van der Waals surface area contributed by atoms with Crippen LogP contribution in [0.4, 0.5) is 0 Å². The van der Waals surface area contributed by atoms with E-state index >= 15 is 0 Å². The van der Waals surface area contributed by atoms with Gasteiger partial charge in [0.05, 0.1) is 5.02 Å². The SMILES string of the molecule is CC[C@@H](C(=O)NC1CCCCC1)N(CCc1ccccc1)C(=O)COc1ccccc1Cl. The number of nitrogens with zero attached hydrogens (tertiary/aromatic N) is 1. The Labute approximate surface area is 196 Å². The zero-order valence-corrected chi connectivity index (χ0v) is 19.5. The Morgan fingerprint density at radius 2 is 1.75 bits per heavy atom. The maximum absolute atomic E-state index is 13.2. The van der Waals surface area contributed by atoms with Crippen LogP contribution in [0.1, 0.15) is 51.0 Å². The Morgan fingerprint density at radius 1 is 1.06 bits per heavy atom. The zero-order chi connectivity index (χ0) is 22.8. The summed E-state index contributed by atoms with van der Waals surface area (Å²) in [4.78, 5) is 28.1. The van der Waals surface area contributed by atoms with Crippen LogP contribution in [-0.2, 0) is 16.0 Å². The van der Waals surface area contributed by atoms with E-state index in [-0.39, 0.29) is 24.5 Å². The minimum Gasteiger partial charge on any atom is -0.482 e. The number of nitrogens with one attached hydrogen (secondary N) is 1. The van der Waals surface area contributed by atoms with Crippen molar-refractivity contribution < 1.29 is 14.3 Å². The molecule has 5 nitrogen and oxygen atoms in total. The molecule has 1 aliphatic rings. The number of para-hydroxylation sites is 1. The summed E-state index contributed by atoms with van der Waals surface area (Å²) in [7, 11) is 0. The molecule has 1 N–H and O–H groups in total. The van der Waals surface area contributed by atoms with E-state index in [9.17, 15) is 9.59 Å². The number of benzene rings is 2. The molecule has 0 aromatic heterocycles. The van der Waals surface area contributed by atoms with E-state index in [1.165, 1.54) is 6.42 Å². The van der Waals surface area contributed by atoms with Crippen LogP contribution in [0.25, 0.3) is 0 Å². The second-order valence-electron chi connectivity index (χ2n) is 8.31. The Bertz CT molecular complexity index is 868. The molecule has 1 atom stereocenters. The first kappa shape index (κ1) is 24.1. The monoisotopic (exact) mass is 456 g/mol. The molecule has 0 bridgehead atoms. The van der Waals surface area contributed by atoms with Gasteiger partial charge in [0, 0.05) is 12.6 Å². The van der Waals surface area contributed by atoms with Gasteiger partial charge in [0.15, 0.2) is 6.61 Å². The molecule has 1 saturated carbocycles. The average molecular weight is 457 g/mol. The maximum atomic E-state index is 13.2.